The quantitative estimate of drug-likeness (QED) is 0.339. The Bertz CT molecular complexity index is 1810. The number of rotatable bonds is 3. The van der Waals surface area contributed by atoms with E-state index in [1.54, 1.807) is 34.7 Å². The summed E-state index contributed by atoms with van der Waals surface area (Å²) in [5.74, 6) is -0.153. The van der Waals surface area contributed by atoms with Crippen molar-refractivity contribution >= 4 is 88.0 Å². The highest BCUT2D eigenvalue weighted by molar-refractivity contribution is 9.09. The zero-order valence-corrected chi connectivity index (χ0v) is 31.2. The number of nitrogens with zero attached hydrogens (tertiary/aromatic N) is 4. The lowest BCUT2D eigenvalue weighted by molar-refractivity contribution is -0.176. The van der Waals surface area contributed by atoms with Crippen molar-refractivity contribution in [2.75, 3.05) is 55.2 Å². The van der Waals surface area contributed by atoms with E-state index in [1.165, 1.54) is 52.0 Å². The van der Waals surface area contributed by atoms with Crippen LogP contribution in [0.25, 0.3) is 0 Å². The smallest absolute Gasteiger partial charge is 0.265 e. The maximum atomic E-state index is 15.2. The summed E-state index contributed by atoms with van der Waals surface area (Å²) in [6.45, 7) is -1.06. The first-order chi connectivity index (χ1) is 24.1. The minimum Gasteiger partial charge on any atom is -0.393 e. The number of likely N-dealkylation sites (N-methyl/N-ethyl adjacent to an activating group) is 2. The van der Waals surface area contributed by atoms with Gasteiger partial charge in [-0.05, 0) is 56.7 Å². The van der Waals surface area contributed by atoms with Gasteiger partial charge in [-0.3, -0.25) is 19.2 Å². The molecule has 2 aromatic carbocycles. The first-order valence-electron chi connectivity index (χ1n) is 16.5. The monoisotopic (exact) mass is 770 g/mol. The average Bonchev–Trinajstić information content (AvgIpc) is 3.80. The first-order valence-corrected chi connectivity index (χ1v) is 22.6. The number of amides is 4. The molecule has 0 saturated carbocycles. The van der Waals surface area contributed by atoms with Gasteiger partial charge in [-0.15, -0.1) is 0 Å². The van der Waals surface area contributed by atoms with Crippen LogP contribution in [0.15, 0.2) is 48.5 Å². The van der Waals surface area contributed by atoms with Gasteiger partial charge in [-0.1, -0.05) is 68.8 Å². The minimum absolute atomic E-state index is 0.211. The highest BCUT2D eigenvalue weighted by Crippen LogP contribution is 2.74. The third-order valence-electron chi connectivity index (χ3n) is 13.1. The maximum Gasteiger partial charge on any atom is 0.265 e. The van der Waals surface area contributed by atoms with E-state index >= 15 is 9.59 Å². The van der Waals surface area contributed by atoms with Crippen LogP contribution in [0.3, 0.4) is 0 Å². The van der Waals surface area contributed by atoms with E-state index in [-0.39, 0.29) is 42.2 Å². The van der Waals surface area contributed by atoms with Crippen molar-refractivity contribution in [1.82, 2.24) is 19.6 Å². The van der Waals surface area contributed by atoms with Gasteiger partial charge < -0.3 is 40.4 Å². The van der Waals surface area contributed by atoms with Crippen LogP contribution in [0.5, 0.6) is 0 Å². The van der Waals surface area contributed by atoms with Gasteiger partial charge in [-0.25, -0.2) is 0 Å². The third kappa shape index (κ3) is 3.19. The van der Waals surface area contributed by atoms with E-state index in [1.807, 2.05) is 36.4 Å². The Kier molecular flexibility index (Phi) is 6.56. The number of benzene rings is 2. The van der Waals surface area contributed by atoms with E-state index in [0.717, 1.165) is 22.5 Å². The van der Waals surface area contributed by atoms with Gasteiger partial charge in [0, 0.05) is 42.7 Å². The predicted molar refractivity (Wildman–Crippen MR) is 197 cm³/mol. The molecule has 0 aliphatic carbocycles. The molecule has 50 heavy (non-hydrogen) atoms. The zero-order chi connectivity index (χ0) is 34.6. The van der Waals surface area contributed by atoms with E-state index in [2.05, 4.69) is 22.8 Å². The van der Waals surface area contributed by atoms with Crippen LogP contribution in [-0.2, 0) is 30.0 Å². The molecule has 8 saturated heterocycles. The molecule has 2 aromatic rings. The van der Waals surface area contributed by atoms with Crippen LogP contribution >= 0.6 is 53.0 Å². The standard InChI is InChI=1S/C33H34N6O6S5/c1-36-24(42)28-11-31(18-7-3-5-9-20(18)34-22(31)38(28)26(44)30(36,13-40)17-47-46-15-28)32-12-29-16-48-50-49-33(14-41,37(2)25(29)43)27(45)39(29)23(32)35-21-10-6-4-8-19(21)32/h3-10,22-23,34-35,40-41H,11-17H2,1-2H3/t22-,23-,28+,29+,30+,31+,32+,33+/m1/s1. The Morgan fingerprint density at radius 1 is 0.680 bits per heavy atom. The Balaban J connectivity index is 1.30. The van der Waals surface area contributed by atoms with E-state index in [9.17, 15) is 19.8 Å². The Morgan fingerprint density at radius 3 is 1.78 bits per heavy atom. The fourth-order valence-electron chi connectivity index (χ4n) is 10.8. The van der Waals surface area contributed by atoms with Crippen LogP contribution in [0, 0.1) is 0 Å². The highest BCUT2D eigenvalue weighted by atomic mass is 33.5. The van der Waals surface area contributed by atoms with Crippen LogP contribution in [0.1, 0.15) is 24.0 Å². The first kappa shape index (κ1) is 32.3. The molecule has 8 atom stereocenters. The lowest BCUT2D eigenvalue weighted by atomic mass is 9.52. The Hall–Kier alpha value is -2.41. The van der Waals surface area contributed by atoms with E-state index < -0.39 is 57.9 Å². The van der Waals surface area contributed by atoms with Gasteiger partial charge in [0.25, 0.3) is 17.7 Å². The summed E-state index contributed by atoms with van der Waals surface area (Å²) in [7, 11) is 10.4. The van der Waals surface area contributed by atoms with Gasteiger partial charge in [0.05, 0.1) is 24.0 Å². The number of hydrogen-bond donors (Lipinski definition) is 4. The van der Waals surface area contributed by atoms with Crippen molar-refractivity contribution in [3.05, 3.63) is 59.7 Å². The zero-order valence-electron chi connectivity index (χ0n) is 27.1. The number of fused-ring (bicyclic) bond motifs is 15. The summed E-state index contributed by atoms with van der Waals surface area (Å²) in [5.41, 5.74) is -2.51. The Labute approximate surface area is 307 Å². The second-order valence-corrected chi connectivity index (χ2v) is 21.5. The third-order valence-corrected chi connectivity index (χ3v) is 20.5. The highest BCUT2D eigenvalue weighted by Gasteiger charge is 2.85. The number of aliphatic hydroxyl groups excluding tert-OH is 2. The fraction of sp³-hybridized carbons (Fsp3) is 0.515. The number of piperazine rings is 2. The van der Waals surface area contributed by atoms with Crippen molar-refractivity contribution in [2.45, 2.75) is 57.5 Å². The molecule has 4 N–H and O–H groups in total. The summed E-state index contributed by atoms with van der Waals surface area (Å²) in [5, 5.41) is 29.3. The van der Waals surface area contributed by atoms with Crippen LogP contribution in [0.2, 0.25) is 0 Å². The second kappa shape index (κ2) is 10.2. The number of hydrogen-bond acceptors (Lipinski definition) is 13. The number of para-hydroxylation sites is 2. The molecule has 0 radical (unpaired) electrons. The molecule has 262 valence electrons. The van der Waals surface area contributed by atoms with Gasteiger partial charge in [0.1, 0.15) is 23.4 Å². The largest absolute Gasteiger partial charge is 0.393 e. The number of anilines is 2. The molecule has 17 heteroatoms. The van der Waals surface area contributed by atoms with E-state index in [4.69, 9.17) is 0 Å². The average molecular weight is 771 g/mol. The summed E-state index contributed by atoms with van der Waals surface area (Å²) in [6, 6.07) is 15.9. The lowest BCUT2D eigenvalue weighted by Gasteiger charge is -2.55. The molecule has 4 bridgehead atoms. The van der Waals surface area contributed by atoms with Crippen LogP contribution < -0.4 is 10.6 Å². The van der Waals surface area contributed by atoms with Crippen molar-refractivity contribution in [2.24, 2.45) is 0 Å². The minimum atomic E-state index is -1.52. The van der Waals surface area contributed by atoms with Gasteiger partial charge >= 0.3 is 0 Å². The van der Waals surface area contributed by atoms with Crippen LogP contribution in [0.4, 0.5) is 11.4 Å². The van der Waals surface area contributed by atoms with E-state index in [0.29, 0.717) is 11.5 Å². The molecule has 0 unspecified atom stereocenters. The summed E-state index contributed by atoms with van der Waals surface area (Å²) < 4.78 is 0. The van der Waals surface area contributed by atoms with Gasteiger partial charge in [-0.2, -0.15) is 0 Å². The van der Waals surface area contributed by atoms with Gasteiger partial charge in [0.15, 0.2) is 5.54 Å². The molecule has 10 aliphatic rings. The molecular weight excluding hydrogens is 737 g/mol. The van der Waals surface area contributed by atoms with Crippen molar-refractivity contribution in [1.29, 1.82) is 0 Å². The second-order valence-electron chi connectivity index (χ2n) is 14.7. The van der Waals surface area contributed by atoms with Crippen molar-refractivity contribution < 1.29 is 29.4 Å². The summed E-state index contributed by atoms with van der Waals surface area (Å²) >= 11 is 0. The molecule has 4 amide bonds. The lowest BCUT2D eigenvalue weighted by Crippen LogP contribution is -2.78. The molecule has 8 fully saturated rings. The maximum absolute atomic E-state index is 15.2. The molecule has 10 aliphatic heterocycles. The Morgan fingerprint density at radius 2 is 1.20 bits per heavy atom. The molecule has 2 spiro atoms. The van der Waals surface area contributed by atoms with Crippen molar-refractivity contribution in [3.8, 4) is 0 Å². The van der Waals surface area contributed by atoms with Gasteiger partial charge in [0.2, 0.25) is 10.8 Å². The van der Waals surface area contributed by atoms with Crippen molar-refractivity contribution in [3.63, 3.8) is 0 Å². The molecule has 12 rings (SSSR count). The number of carbonyl (C=O) groups is 4. The van der Waals surface area contributed by atoms with Crippen LogP contribution in [-0.4, -0.2) is 132 Å². The molecule has 0 aromatic heterocycles. The normalized spacial score (nSPS) is 42.2. The summed E-state index contributed by atoms with van der Waals surface area (Å²) in [4.78, 5) is 65.2. The topological polar surface area (TPSA) is 146 Å². The molecular formula is C33H34N6O6S5. The summed E-state index contributed by atoms with van der Waals surface area (Å²) in [6.07, 6.45) is -0.993. The number of carbonyl (C=O) groups excluding carboxylic acids is 4. The fourth-order valence-corrected chi connectivity index (χ4v) is 18.8. The number of aliphatic hydroxyl groups is 2. The number of nitrogens with one attached hydrogen (secondary N) is 2. The SMILES string of the molecule is CN1C(=O)[C@]23CSSC[C@@]1(CO)C(=O)N2[C@H]1Nc2ccccc2[C@@]1([C@]12C[C@@]45CSSS[C@@](CO)(C(=O)N4[C@H]1Nc1ccccc12)N(C)C5=O)C3. The predicted octanol–water partition coefficient (Wildman–Crippen LogP) is 2.11. The molecule has 12 nitrogen and oxygen atoms in total. The molecule has 10 heterocycles.